The van der Waals surface area contributed by atoms with E-state index >= 15 is 4.39 Å². The van der Waals surface area contributed by atoms with Crippen molar-refractivity contribution in [1.29, 1.82) is 0 Å². The molecule has 3 heterocycles. The van der Waals surface area contributed by atoms with E-state index in [9.17, 15) is 15.0 Å². The first kappa shape index (κ1) is 24.8. The van der Waals surface area contributed by atoms with Gasteiger partial charge in [-0.25, -0.2) is 9.37 Å². The molecule has 7 nitrogen and oxygen atoms in total. The van der Waals surface area contributed by atoms with Gasteiger partial charge in [0.05, 0.1) is 33.3 Å². The van der Waals surface area contributed by atoms with Crippen LogP contribution in [0.4, 0.5) is 10.1 Å². The number of aromatic nitrogens is 2. The Labute approximate surface area is 214 Å². The van der Waals surface area contributed by atoms with Crippen LogP contribution in [0.25, 0.3) is 22.3 Å². The number of halogens is 2. The Morgan fingerprint density at radius 1 is 1.22 bits per heavy atom. The van der Waals surface area contributed by atoms with Gasteiger partial charge in [0.15, 0.2) is 5.88 Å². The Kier molecular flexibility index (Phi) is 6.37. The predicted octanol–water partition coefficient (Wildman–Crippen LogP) is 5.59. The Hall–Kier alpha value is -2.84. The average Bonchev–Trinajstić information content (AvgIpc) is 3.45. The van der Waals surface area contributed by atoms with E-state index in [-0.39, 0.29) is 25.0 Å². The first-order valence-electron chi connectivity index (χ1n) is 12.4. The van der Waals surface area contributed by atoms with Crippen molar-refractivity contribution in [3.63, 3.8) is 0 Å². The molecule has 5 rings (SSSR count). The summed E-state index contributed by atoms with van der Waals surface area (Å²) in [6, 6.07) is 11.6. The SMILES string of the molecule is CC(C)(C(=O)O)[C@]1(F)CC[C@@H](Oc2cc3nc(-c4ccc(N5CC[C@@H](O)C5)cc4)c(Cl)cc3[nH]2)CC1. The molecule has 9 heteroatoms. The van der Waals surface area contributed by atoms with Gasteiger partial charge < -0.3 is 24.8 Å². The maximum absolute atomic E-state index is 15.4. The molecule has 0 spiro atoms. The fourth-order valence-corrected chi connectivity index (χ4v) is 5.50. The second-order valence-corrected chi connectivity index (χ2v) is 10.9. The van der Waals surface area contributed by atoms with Crippen LogP contribution in [-0.2, 0) is 4.79 Å². The molecular formula is C27H31ClFN3O4. The first-order valence-corrected chi connectivity index (χ1v) is 12.8. The van der Waals surface area contributed by atoms with Gasteiger partial charge in [-0.05, 0) is 64.2 Å². The van der Waals surface area contributed by atoms with Crippen molar-refractivity contribution in [3.8, 4) is 17.1 Å². The molecule has 192 valence electrons. The van der Waals surface area contributed by atoms with Crippen molar-refractivity contribution in [2.45, 2.75) is 63.8 Å². The van der Waals surface area contributed by atoms with Crippen molar-refractivity contribution >= 4 is 34.3 Å². The minimum absolute atomic E-state index is 0.137. The fraction of sp³-hybridized carbons (Fsp3) is 0.481. The molecule has 2 aromatic heterocycles. The van der Waals surface area contributed by atoms with Gasteiger partial charge in [-0.15, -0.1) is 0 Å². The number of nitrogens with zero attached hydrogens (tertiary/aromatic N) is 2. The number of alkyl halides is 1. The number of nitrogens with one attached hydrogen (secondary N) is 1. The topological polar surface area (TPSA) is 98.7 Å². The molecule has 1 aliphatic carbocycles. The molecule has 2 fully saturated rings. The fourth-order valence-electron chi connectivity index (χ4n) is 5.24. The zero-order valence-electron chi connectivity index (χ0n) is 20.4. The van der Waals surface area contributed by atoms with Crippen LogP contribution < -0.4 is 9.64 Å². The highest BCUT2D eigenvalue weighted by Gasteiger charge is 2.52. The number of aliphatic hydroxyl groups is 1. The Morgan fingerprint density at radius 3 is 2.53 bits per heavy atom. The number of pyridine rings is 1. The number of aliphatic carboxylic acids is 1. The molecule has 3 N–H and O–H groups in total. The first-order chi connectivity index (χ1) is 17.1. The van der Waals surface area contributed by atoms with E-state index in [0.717, 1.165) is 29.7 Å². The van der Waals surface area contributed by atoms with Crippen LogP contribution >= 0.6 is 11.6 Å². The van der Waals surface area contributed by atoms with Gasteiger partial charge in [-0.1, -0.05) is 23.7 Å². The van der Waals surface area contributed by atoms with Gasteiger partial charge in [0.2, 0.25) is 0 Å². The van der Waals surface area contributed by atoms with E-state index < -0.39 is 17.1 Å². The minimum atomic E-state index is -1.76. The van der Waals surface area contributed by atoms with Gasteiger partial charge in [0, 0.05) is 30.4 Å². The second kappa shape index (κ2) is 9.23. The van der Waals surface area contributed by atoms with Crippen molar-refractivity contribution < 1.29 is 24.1 Å². The molecule has 1 aliphatic heterocycles. The number of carboxylic acids is 1. The summed E-state index contributed by atoms with van der Waals surface area (Å²) in [6.45, 7) is 4.38. The number of aromatic amines is 1. The number of rotatable bonds is 6. The normalized spacial score (nSPS) is 24.9. The monoisotopic (exact) mass is 515 g/mol. The number of fused-ring (bicyclic) bond motifs is 1. The Bertz CT molecular complexity index is 1270. The lowest BCUT2D eigenvalue weighted by Crippen LogP contribution is -2.49. The third-order valence-corrected chi connectivity index (χ3v) is 8.16. The van der Waals surface area contributed by atoms with Gasteiger partial charge in [-0.2, -0.15) is 0 Å². The summed E-state index contributed by atoms with van der Waals surface area (Å²) in [5, 5.41) is 19.7. The van der Waals surface area contributed by atoms with Crippen LogP contribution in [0.3, 0.4) is 0 Å². The number of ether oxygens (including phenoxy) is 1. The van der Waals surface area contributed by atoms with Crippen LogP contribution in [0, 0.1) is 5.41 Å². The summed E-state index contributed by atoms with van der Waals surface area (Å²) in [5.41, 5.74) is 0.863. The second-order valence-electron chi connectivity index (χ2n) is 10.5. The zero-order chi connectivity index (χ0) is 25.7. The number of benzene rings is 1. The summed E-state index contributed by atoms with van der Waals surface area (Å²) in [4.78, 5) is 21.6. The van der Waals surface area contributed by atoms with Crippen LogP contribution in [-0.4, -0.2) is 57.1 Å². The van der Waals surface area contributed by atoms with Crippen LogP contribution in [0.2, 0.25) is 5.02 Å². The molecule has 0 radical (unpaired) electrons. The van der Waals surface area contributed by atoms with E-state index in [1.165, 1.54) is 13.8 Å². The largest absolute Gasteiger partial charge is 0.481 e. The standard InChI is InChI=1S/C27H31ClFN3O4/c1-26(2,25(34)35)27(29)10-7-19(8-11-27)36-23-14-22-21(30-23)13-20(28)24(31-22)16-3-5-17(6-4-16)32-12-9-18(33)15-32/h3-6,13-14,18-19,30,33H,7-12,15H2,1-2H3,(H,34,35)/t18-,19-,27+/m1/s1. The molecule has 1 saturated heterocycles. The lowest BCUT2D eigenvalue weighted by atomic mass is 9.68. The Balaban J connectivity index is 1.29. The van der Waals surface area contributed by atoms with E-state index in [1.54, 1.807) is 0 Å². The van der Waals surface area contributed by atoms with Crippen molar-refractivity contribution in [3.05, 3.63) is 41.4 Å². The Morgan fingerprint density at radius 2 is 1.92 bits per heavy atom. The van der Waals surface area contributed by atoms with Crippen LogP contribution in [0.15, 0.2) is 36.4 Å². The molecule has 2 aliphatic rings. The molecule has 36 heavy (non-hydrogen) atoms. The average molecular weight is 516 g/mol. The van der Waals surface area contributed by atoms with Gasteiger partial charge >= 0.3 is 5.97 Å². The molecule has 0 amide bonds. The van der Waals surface area contributed by atoms with E-state index in [1.807, 2.05) is 36.4 Å². The number of β-amino-alcohol motifs (C(OH)–C–C–N with tert-alkyl or cyclic N) is 1. The highest BCUT2D eigenvalue weighted by atomic mass is 35.5. The summed E-state index contributed by atoms with van der Waals surface area (Å²) in [7, 11) is 0. The number of aliphatic hydroxyl groups excluding tert-OH is 1. The molecule has 3 aromatic rings. The minimum Gasteiger partial charge on any atom is -0.481 e. The number of anilines is 1. The number of hydrogen-bond acceptors (Lipinski definition) is 5. The van der Waals surface area contributed by atoms with Crippen LogP contribution in [0.1, 0.15) is 46.0 Å². The maximum atomic E-state index is 15.4. The van der Waals surface area contributed by atoms with Crippen LogP contribution in [0.5, 0.6) is 5.88 Å². The van der Waals surface area contributed by atoms with Gasteiger partial charge in [0.25, 0.3) is 0 Å². The quantitative estimate of drug-likeness (QED) is 0.395. The molecule has 1 aromatic carbocycles. The van der Waals surface area contributed by atoms with Crippen molar-refractivity contribution in [2.75, 3.05) is 18.0 Å². The highest BCUT2D eigenvalue weighted by Crippen LogP contribution is 2.46. The summed E-state index contributed by atoms with van der Waals surface area (Å²) >= 11 is 6.57. The van der Waals surface area contributed by atoms with Gasteiger partial charge in [-0.3, -0.25) is 4.79 Å². The summed E-state index contributed by atoms with van der Waals surface area (Å²) < 4.78 is 21.5. The molecule has 1 saturated carbocycles. The lowest BCUT2D eigenvalue weighted by Gasteiger charge is -2.41. The number of carbonyl (C=O) groups is 1. The number of hydrogen-bond donors (Lipinski definition) is 3. The number of carboxylic acid groups (broad SMARTS) is 1. The van der Waals surface area contributed by atoms with E-state index in [4.69, 9.17) is 21.3 Å². The summed E-state index contributed by atoms with van der Waals surface area (Å²) in [5.74, 6) is -0.592. The zero-order valence-corrected chi connectivity index (χ0v) is 21.2. The highest BCUT2D eigenvalue weighted by molar-refractivity contribution is 6.33. The molecule has 0 unspecified atom stereocenters. The van der Waals surface area contributed by atoms with E-state index in [0.29, 0.717) is 41.5 Å². The van der Waals surface area contributed by atoms with Gasteiger partial charge in [0.1, 0.15) is 11.8 Å². The third kappa shape index (κ3) is 4.52. The lowest BCUT2D eigenvalue weighted by molar-refractivity contribution is -0.160. The predicted molar refractivity (Wildman–Crippen MR) is 138 cm³/mol. The van der Waals surface area contributed by atoms with E-state index in [2.05, 4.69) is 9.88 Å². The third-order valence-electron chi connectivity index (χ3n) is 7.87. The maximum Gasteiger partial charge on any atom is 0.312 e. The molecule has 1 atom stereocenters. The smallest absolute Gasteiger partial charge is 0.312 e. The molecule has 0 bridgehead atoms. The number of H-pyrrole nitrogens is 1. The summed E-state index contributed by atoms with van der Waals surface area (Å²) in [6.07, 6.45) is 1.43. The molecular weight excluding hydrogens is 485 g/mol. The van der Waals surface area contributed by atoms with Crippen molar-refractivity contribution in [2.24, 2.45) is 5.41 Å². The van der Waals surface area contributed by atoms with Crippen molar-refractivity contribution in [1.82, 2.24) is 9.97 Å².